The Labute approximate surface area is 115 Å². The summed E-state index contributed by atoms with van der Waals surface area (Å²) in [4.78, 5) is 2.51. The normalized spacial score (nSPS) is 24.6. The molecule has 1 aliphatic heterocycles. The van der Waals surface area contributed by atoms with Crippen molar-refractivity contribution >= 4 is 11.6 Å². The van der Waals surface area contributed by atoms with Crippen LogP contribution < -0.4 is 5.32 Å². The Kier molecular flexibility index (Phi) is 4.66. The monoisotopic (exact) mass is 266 g/mol. The number of nitrogens with zero attached hydrogens (tertiary/aromatic N) is 1. The molecule has 1 saturated heterocycles. The Bertz CT molecular complexity index is 394. The zero-order chi connectivity index (χ0) is 13.0. The van der Waals surface area contributed by atoms with E-state index in [1.54, 1.807) is 0 Å². The van der Waals surface area contributed by atoms with Gasteiger partial charge in [-0.3, -0.25) is 4.90 Å². The average molecular weight is 267 g/mol. The molecule has 18 heavy (non-hydrogen) atoms. The summed E-state index contributed by atoms with van der Waals surface area (Å²) >= 11 is 6.24. The summed E-state index contributed by atoms with van der Waals surface area (Å²) in [5.41, 5.74) is 1.59. The van der Waals surface area contributed by atoms with Crippen LogP contribution in [0.5, 0.6) is 0 Å². The third kappa shape index (κ3) is 2.87. The molecule has 0 saturated carbocycles. The van der Waals surface area contributed by atoms with Crippen molar-refractivity contribution in [1.82, 2.24) is 10.2 Å². The highest BCUT2D eigenvalue weighted by molar-refractivity contribution is 6.31. The van der Waals surface area contributed by atoms with E-state index in [2.05, 4.69) is 29.4 Å². The van der Waals surface area contributed by atoms with Crippen LogP contribution in [-0.2, 0) is 6.42 Å². The largest absolute Gasteiger partial charge is 0.318 e. The van der Waals surface area contributed by atoms with Crippen molar-refractivity contribution < 1.29 is 0 Å². The molecule has 1 heterocycles. The second-order valence-electron chi connectivity index (χ2n) is 5.37. The summed E-state index contributed by atoms with van der Waals surface area (Å²) in [6.45, 7) is 2.28. The smallest absolute Gasteiger partial charge is 0.0437 e. The Morgan fingerprint density at radius 3 is 2.78 bits per heavy atom. The number of likely N-dealkylation sites (tertiary alicyclic amines) is 1. The van der Waals surface area contributed by atoms with Crippen LogP contribution in [0.2, 0.25) is 5.02 Å². The van der Waals surface area contributed by atoms with Crippen LogP contribution >= 0.6 is 11.6 Å². The van der Waals surface area contributed by atoms with Gasteiger partial charge in [-0.2, -0.15) is 0 Å². The molecule has 0 aliphatic carbocycles. The van der Waals surface area contributed by atoms with Gasteiger partial charge in [-0.05, 0) is 58.0 Å². The molecule has 0 amide bonds. The van der Waals surface area contributed by atoms with Gasteiger partial charge in [-0.1, -0.05) is 29.8 Å². The molecule has 1 atom stereocenters. The Morgan fingerprint density at radius 2 is 2.17 bits per heavy atom. The SMILES string of the molecule is CNCC1(CCc2ccccc2Cl)CCCN1C. The third-order valence-electron chi connectivity index (χ3n) is 4.27. The molecule has 0 radical (unpaired) electrons. The van der Waals surface area contributed by atoms with E-state index in [4.69, 9.17) is 11.6 Å². The fraction of sp³-hybridized carbons (Fsp3) is 0.600. The maximum atomic E-state index is 6.24. The Balaban J connectivity index is 2.05. The first-order chi connectivity index (χ1) is 8.68. The van der Waals surface area contributed by atoms with Crippen molar-refractivity contribution in [2.45, 2.75) is 31.2 Å². The molecule has 0 aromatic heterocycles. The van der Waals surface area contributed by atoms with E-state index < -0.39 is 0 Å². The Morgan fingerprint density at radius 1 is 1.39 bits per heavy atom. The highest BCUT2D eigenvalue weighted by Crippen LogP contribution is 2.32. The number of halogens is 1. The zero-order valence-corrected chi connectivity index (χ0v) is 12.1. The summed E-state index contributed by atoms with van der Waals surface area (Å²) in [6.07, 6.45) is 4.83. The number of aryl methyl sites for hydroxylation is 1. The molecule has 1 aliphatic rings. The topological polar surface area (TPSA) is 15.3 Å². The predicted molar refractivity (Wildman–Crippen MR) is 78.3 cm³/mol. The summed E-state index contributed by atoms with van der Waals surface area (Å²) in [7, 11) is 4.29. The van der Waals surface area contributed by atoms with Crippen molar-refractivity contribution in [3.8, 4) is 0 Å². The van der Waals surface area contributed by atoms with Gasteiger partial charge < -0.3 is 5.32 Å². The fourth-order valence-electron chi connectivity index (χ4n) is 3.10. The lowest BCUT2D eigenvalue weighted by Crippen LogP contribution is -2.48. The standard InChI is InChI=1S/C15H23ClN2/c1-17-12-15(9-5-11-18(15)2)10-8-13-6-3-4-7-14(13)16/h3-4,6-7,17H,5,8-12H2,1-2H3. The molecule has 1 aromatic rings. The summed E-state index contributed by atoms with van der Waals surface area (Å²) in [5.74, 6) is 0. The van der Waals surface area contributed by atoms with E-state index in [-0.39, 0.29) is 0 Å². The van der Waals surface area contributed by atoms with Crippen molar-refractivity contribution in [1.29, 1.82) is 0 Å². The van der Waals surface area contributed by atoms with Crippen molar-refractivity contribution in [2.75, 3.05) is 27.2 Å². The first-order valence-corrected chi connectivity index (χ1v) is 7.15. The molecule has 1 unspecified atom stereocenters. The van der Waals surface area contributed by atoms with Gasteiger partial charge in [0.05, 0.1) is 0 Å². The summed E-state index contributed by atoms with van der Waals surface area (Å²) in [5, 5.41) is 4.26. The van der Waals surface area contributed by atoms with Crippen molar-refractivity contribution in [2.24, 2.45) is 0 Å². The van der Waals surface area contributed by atoms with E-state index in [1.165, 1.54) is 31.4 Å². The van der Waals surface area contributed by atoms with E-state index in [9.17, 15) is 0 Å². The molecule has 1 fully saturated rings. The highest BCUT2D eigenvalue weighted by atomic mass is 35.5. The number of hydrogen-bond donors (Lipinski definition) is 1. The van der Waals surface area contributed by atoms with Crippen molar-refractivity contribution in [3.05, 3.63) is 34.9 Å². The first-order valence-electron chi connectivity index (χ1n) is 6.77. The van der Waals surface area contributed by atoms with Gasteiger partial charge in [0.1, 0.15) is 0 Å². The molecule has 1 aromatic carbocycles. The minimum atomic E-state index is 0.313. The zero-order valence-electron chi connectivity index (χ0n) is 11.4. The van der Waals surface area contributed by atoms with E-state index in [0.717, 1.165) is 18.0 Å². The van der Waals surface area contributed by atoms with Crippen LogP contribution in [0, 0.1) is 0 Å². The molecule has 1 N–H and O–H groups in total. The molecular weight excluding hydrogens is 244 g/mol. The Hall–Kier alpha value is -0.570. The van der Waals surface area contributed by atoms with Gasteiger partial charge in [0.2, 0.25) is 0 Å². The molecule has 2 nitrogen and oxygen atoms in total. The first kappa shape index (κ1) is 13.9. The van der Waals surface area contributed by atoms with Gasteiger partial charge in [0.25, 0.3) is 0 Å². The number of likely N-dealkylation sites (N-methyl/N-ethyl adjacent to an activating group) is 2. The van der Waals surface area contributed by atoms with Gasteiger partial charge in [-0.15, -0.1) is 0 Å². The van der Waals surface area contributed by atoms with Crippen LogP contribution in [0.25, 0.3) is 0 Å². The molecule has 100 valence electrons. The van der Waals surface area contributed by atoms with Crippen LogP contribution in [0.1, 0.15) is 24.8 Å². The maximum absolute atomic E-state index is 6.24. The number of rotatable bonds is 5. The van der Waals surface area contributed by atoms with Crippen LogP contribution in [-0.4, -0.2) is 37.6 Å². The van der Waals surface area contributed by atoms with Crippen LogP contribution in [0.15, 0.2) is 24.3 Å². The molecule has 2 rings (SSSR count). The second kappa shape index (κ2) is 6.05. The van der Waals surface area contributed by atoms with Gasteiger partial charge in [0.15, 0.2) is 0 Å². The minimum absolute atomic E-state index is 0.313. The lowest BCUT2D eigenvalue weighted by Gasteiger charge is -2.36. The maximum Gasteiger partial charge on any atom is 0.0437 e. The number of nitrogens with one attached hydrogen (secondary N) is 1. The van der Waals surface area contributed by atoms with Gasteiger partial charge in [-0.25, -0.2) is 0 Å². The molecule has 3 heteroatoms. The van der Waals surface area contributed by atoms with Crippen molar-refractivity contribution in [3.63, 3.8) is 0 Å². The quantitative estimate of drug-likeness (QED) is 0.882. The lowest BCUT2D eigenvalue weighted by molar-refractivity contribution is 0.159. The second-order valence-corrected chi connectivity index (χ2v) is 5.78. The van der Waals surface area contributed by atoms with Crippen LogP contribution in [0.4, 0.5) is 0 Å². The summed E-state index contributed by atoms with van der Waals surface area (Å²) in [6, 6.07) is 8.20. The van der Waals surface area contributed by atoms with E-state index in [1.807, 2.05) is 19.2 Å². The average Bonchev–Trinajstić information content (AvgIpc) is 2.71. The predicted octanol–water partition coefficient (Wildman–Crippen LogP) is 2.96. The third-order valence-corrected chi connectivity index (χ3v) is 4.64. The van der Waals surface area contributed by atoms with Crippen LogP contribution in [0.3, 0.4) is 0 Å². The summed E-state index contributed by atoms with van der Waals surface area (Å²) < 4.78 is 0. The van der Waals surface area contributed by atoms with Gasteiger partial charge in [0, 0.05) is 17.1 Å². The molecular formula is C15H23ClN2. The molecule has 0 bridgehead atoms. The number of hydrogen-bond acceptors (Lipinski definition) is 2. The molecule has 0 spiro atoms. The van der Waals surface area contributed by atoms with E-state index >= 15 is 0 Å². The number of benzene rings is 1. The minimum Gasteiger partial charge on any atom is -0.318 e. The highest BCUT2D eigenvalue weighted by Gasteiger charge is 2.37. The van der Waals surface area contributed by atoms with Gasteiger partial charge >= 0.3 is 0 Å². The fourth-order valence-corrected chi connectivity index (χ4v) is 3.33. The van der Waals surface area contributed by atoms with E-state index in [0.29, 0.717) is 5.54 Å². The lowest BCUT2D eigenvalue weighted by atomic mass is 9.88.